The maximum Gasteiger partial charge on any atom is 0.269 e. The smallest absolute Gasteiger partial charge is 0.269 e. The summed E-state index contributed by atoms with van der Waals surface area (Å²) < 4.78 is 12.7. The molecule has 0 spiro atoms. The lowest BCUT2D eigenvalue weighted by Crippen LogP contribution is -2.49. The van der Waals surface area contributed by atoms with Crippen LogP contribution in [0.4, 0.5) is 0 Å². The predicted octanol–water partition coefficient (Wildman–Crippen LogP) is 1.15. The minimum absolute atomic E-state index is 0.181. The van der Waals surface area contributed by atoms with E-state index in [1.165, 1.54) is 0 Å². The van der Waals surface area contributed by atoms with Crippen molar-refractivity contribution in [2.24, 2.45) is 18.9 Å². The first-order valence-corrected chi connectivity index (χ1v) is 10.2. The number of aromatic nitrogens is 2. The highest BCUT2D eigenvalue weighted by Crippen LogP contribution is 2.40. The van der Waals surface area contributed by atoms with Gasteiger partial charge >= 0.3 is 0 Å². The standard InChI is InChI=1S/C21H26N4O4/c1-24-17(5-6-22-24)21(27)23-16-7-14-10-25(11-15(14)8-18(16)26)9-13-3-2-4-19-20(13)29-12-28-19/h2-6,14-16,18,26H,7-12H2,1H3,(H,23,27)/t14-,15+,16-,18-/m0/s1. The number of carbonyl (C=O) groups excluding carboxylic acids is 1. The van der Waals surface area contributed by atoms with Crippen LogP contribution in [0.25, 0.3) is 0 Å². The summed E-state index contributed by atoms with van der Waals surface area (Å²) in [6.07, 6.45) is 2.58. The normalized spacial score (nSPS) is 28.3. The average molecular weight is 398 g/mol. The van der Waals surface area contributed by atoms with Crippen LogP contribution in [0.3, 0.4) is 0 Å². The van der Waals surface area contributed by atoms with Gasteiger partial charge in [-0.05, 0) is 36.8 Å². The number of fused-ring (bicyclic) bond motifs is 2. The maximum atomic E-state index is 12.5. The molecule has 5 rings (SSSR count). The van der Waals surface area contributed by atoms with Crippen molar-refractivity contribution in [1.82, 2.24) is 20.0 Å². The molecule has 2 aliphatic heterocycles. The van der Waals surface area contributed by atoms with Gasteiger partial charge in [0.2, 0.25) is 6.79 Å². The fraction of sp³-hybridized carbons (Fsp3) is 0.524. The molecule has 154 valence electrons. The number of aliphatic hydroxyl groups is 1. The summed E-state index contributed by atoms with van der Waals surface area (Å²) in [7, 11) is 1.74. The molecule has 29 heavy (non-hydrogen) atoms. The second-order valence-electron chi connectivity index (χ2n) is 8.32. The molecule has 3 aliphatic rings. The quantitative estimate of drug-likeness (QED) is 0.803. The Morgan fingerprint density at radius 1 is 1.24 bits per heavy atom. The third-order valence-corrected chi connectivity index (χ3v) is 6.46. The number of para-hydroxylation sites is 1. The van der Waals surface area contributed by atoms with Crippen LogP contribution in [0, 0.1) is 11.8 Å². The molecule has 4 atom stereocenters. The van der Waals surface area contributed by atoms with Crippen molar-refractivity contribution in [3.8, 4) is 11.5 Å². The minimum Gasteiger partial charge on any atom is -0.454 e. The van der Waals surface area contributed by atoms with Gasteiger partial charge in [-0.3, -0.25) is 14.4 Å². The molecule has 3 heterocycles. The molecular formula is C21H26N4O4. The van der Waals surface area contributed by atoms with E-state index in [-0.39, 0.29) is 18.7 Å². The maximum absolute atomic E-state index is 12.5. The topological polar surface area (TPSA) is 88.9 Å². The molecule has 8 heteroatoms. The number of rotatable bonds is 4. The highest BCUT2D eigenvalue weighted by atomic mass is 16.7. The van der Waals surface area contributed by atoms with E-state index >= 15 is 0 Å². The number of amides is 1. The van der Waals surface area contributed by atoms with E-state index in [2.05, 4.69) is 21.4 Å². The lowest BCUT2D eigenvalue weighted by molar-refractivity contribution is 0.0458. The van der Waals surface area contributed by atoms with Crippen LogP contribution in [0.5, 0.6) is 11.5 Å². The fourth-order valence-corrected chi connectivity index (χ4v) is 5.01. The molecule has 1 aromatic heterocycles. The van der Waals surface area contributed by atoms with E-state index in [4.69, 9.17) is 9.47 Å². The summed E-state index contributed by atoms with van der Waals surface area (Å²) in [6, 6.07) is 7.48. The molecule has 2 aromatic rings. The number of likely N-dealkylation sites (tertiary alicyclic amines) is 1. The van der Waals surface area contributed by atoms with Gasteiger partial charge in [0.25, 0.3) is 5.91 Å². The SMILES string of the molecule is Cn1nccc1C(=O)N[C@H]1C[C@H]2CN(Cc3cccc4c3OCO4)C[C@H]2C[C@@H]1O. The van der Waals surface area contributed by atoms with Crippen molar-refractivity contribution in [3.05, 3.63) is 41.7 Å². The zero-order chi connectivity index (χ0) is 20.0. The Morgan fingerprint density at radius 3 is 2.86 bits per heavy atom. The Labute approximate surface area is 169 Å². The zero-order valence-corrected chi connectivity index (χ0v) is 16.5. The minimum atomic E-state index is -0.522. The highest BCUT2D eigenvalue weighted by Gasteiger charge is 2.42. The van der Waals surface area contributed by atoms with Crippen molar-refractivity contribution in [1.29, 1.82) is 0 Å². The van der Waals surface area contributed by atoms with Gasteiger partial charge in [0.05, 0.1) is 12.1 Å². The second kappa shape index (κ2) is 7.35. The van der Waals surface area contributed by atoms with E-state index in [1.807, 2.05) is 12.1 Å². The monoisotopic (exact) mass is 398 g/mol. The zero-order valence-electron chi connectivity index (χ0n) is 16.5. The largest absolute Gasteiger partial charge is 0.454 e. The number of hydrogen-bond donors (Lipinski definition) is 2. The van der Waals surface area contributed by atoms with Gasteiger partial charge in [-0.25, -0.2) is 0 Å². The van der Waals surface area contributed by atoms with E-state index in [0.717, 1.165) is 43.1 Å². The fourth-order valence-electron chi connectivity index (χ4n) is 5.01. The second-order valence-corrected chi connectivity index (χ2v) is 8.32. The van der Waals surface area contributed by atoms with Gasteiger partial charge in [0, 0.05) is 38.4 Å². The number of aliphatic hydroxyl groups excluding tert-OH is 1. The van der Waals surface area contributed by atoms with Gasteiger partial charge in [-0.2, -0.15) is 5.10 Å². The van der Waals surface area contributed by atoms with Crippen molar-refractivity contribution in [2.45, 2.75) is 31.5 Å². The summed E-state index contributed by atoms with van der Waals surface area (Å²) in [5.41, 5.74) is 1.65. The van der Waals surface area contributed by atoms with Crippen molar-refractivity contribution < 1.29 is 19.4 Å². The Hall–Kier alpha value is -2.58. The summed E-state index contributed by atoms with van der Waals surface area (Å²) in [4.78, 5) is 14.9. The lowest BCUT2D eigenvalue weighted by Gasteiger charge is -2.35. The molecule has 0 unspecified atom stereocenters. The molecule has 2 fully saturated rings. The Bertz CT molecular complexity index is 914. The summed E-state index contributed by atoms with van der Waals surface area (Å²) >= 11 is 0. The molecule has 1 aliphatic carbocycles. The number of ether oxygens (including phenoxy) is 2. The molecule has 2 N–H and O–H groups in total. The van der Waals surface area contributed by atoms with Crippen LogP contribution >= 0.6 is 0 Å². The predicted molar refractivity (Wildman–Crippen MR) is 105 cm³/mol. The van der Waals surface area contributed by atoms with E-state index in [1.54, 1.807) is 24.0 Å². The number of nitrogens with one attached hydrogen (secondary N) is 1. The van der Waals surface area contributed by atoms with E-state index < -0.39 is 6.10 Å². The number of aryl methyl sites for hydroxylation is 1. The summed E-state index contributed by atoms with van der Waals surface area (Å²) in [6.45, 7) is 3.00. The molecule has 1 aromatic carbocycles. The lowest BCUT2D eigenvalue weighted by atomic mass is 9.77. The molecule has 1 saturated heterocycles. The molecular weight excluding hydrogens is 372 g/mol. The molecule has 8 nitrogen and oxygen atoms in total. The Kier molecular flexibility index (Phi) is 4.67. The molecule has 1 amide bonds. The van der Waals surface area contributed by atoms with Gasteiger partial charge in [0.1, 0.15) is 5.69 Å². The van der Waals surface area contributed by atoms with Crippen molar-refractivity contribution in [3.63, 3.8) is 0 Å². The molecule has 1 saturated carbocycles. The van der Waals surface area contributed by atoms with Crippen LogP contribution in [0.2, 0.25) is 0 Å². The van der Waals surface area contributed by atoms with Crippen LogP contribution in [0.15, 0.2) is 30.5 Å². The van der Waals surface area contributed by atoms with Crippen LogP contribution in [0.1, 0.15) is 28.9 Å². The third-order valence-electron chi connectivity index (χ3n) is 6.46. The van der Waals surface area contributed by atoms with E-state index in [0.29, 0.717) is 24.0 Å². The van der Waals surface area contributed by atoms with Gasteiger partial charge in [-0.15, -0.1) is 0 Å². The average Bonchev–Trinajstić information content (AvgIpc) is 3.41. The Morgan fingerprint density at radius 2 is 2.07 bits per heavy atom. The third kappa shape index (κ3) is 3.47. The highest BCUT2D eigenvalue weighted by molar-refractivity contribution is 5.92. The summed E-state index contributed by atoms with van der Waals surface area (Å²) in [5.74, 6) is 2.39. The van der Waals surface area contributed by atoms with E-state index in [9.17, 15) is 9.90 Å². The summed E-state index contributed by atoms with van der Waals surface area (Å²) in [5, 5.41) is 17.7. The van der Waals surface area contributed by atoms with Crippen LogP contribution in [-0.2, 0) is 13.6 Å². The number of carbonyl (C=O) groups is 1. The first-order valence-electron chi connectivity index (χ1n) is 10.2. The van der Waals surface area contributed by atoms with Crippen molar-refractivity contribution in [2.75, 3.05) is 19.9 Å². The first kappa shape index (κ1) is 18.4. The van der Waals surface area contributed by atoms with Gasteiger partial charge in [-0.1, -0.05) is 12.1 Å². The number of hydrogen-bond acceptors (Lipinski definition) is 6. The number of nitrogens with zero attached hydrogens (tertiary/aromatic N) is 3. The van der Waals surface area contributed by atoms with Gasteiger partial charge < -0.3 is 19.9 Å². The Balaban J connectivity index is 1.23. The van der Waals surface area contributed by atoms with Crippen LogP contribution in [-0.4, -0.2) is 57.7 Å². The van der Waals surface area contributed by atoms with Gasteiger partial charge in [0.15, 0.2) is 11.5 Å². The van der Waals surface area contributed by atoms with Crippen LogP contribution < -0.4 is 14.8 Å². The number of benzene rings is 1. The first-order chi connectivity index (χ1) is 14.1. The molecule has 0 radical (unpaired) electrons. The van der Waals surface area contributed by atoms with Crippen molar-refractivity contribution >= 4 is 5.91 Å². The molecule has 0 bridgehead atoms.